The highest BCUT2D eigenvalue weighted by Crippen LogP contribution is 2.40. The predicted octanol–water partition coefficient (Wildman–Crippen LogP) is 0.591. The van der Waals surface area contributed by atoms with Gasteiger partial charge in [0.05, 0.1) is 49.3 Å². The molecule has 0 unspecified atom stereocenters. The molecular weight excluding hydrogens is 689 g/mol. The van der Waals surface area contributed by atoms with Crippen LogP contribution < -0.4 is 20.1 Å². The van der Waals surface area contributed by atoms with Crippen molar-refractivity contribution in [2.45, 2.75) is 48.6 Å². The highest BCUT2D eigenvalue weighted by molar-refractivity contribution is 7.93. The van der Waals surface area contributed by atoms with E-state index in [1.165, 1.54) is 38.1 Å². The van der Waals surface area contributed by atoms with Gasteiger partial charge in [-0.25, -0.2) is 33.7 Å². The van der Waals surface area contributed by atoms with Crippen molar-refractivity contribution in [2.75, 3.05) is 47.9 Å². The number of methoxy groups -OCH3 is 2. The number of ether oxygens (including phenoxy) is 2. The fraction of sp³-hybridized carbons (Fsp3) is 0.462. The first-order chi connectivity index (χ1) is 21.3. The van der Waals surface area contributed by atoms with Gasteiger partial charge in [0.1, 0.15) is 21.3 Å². The Balaban J connectivity index is 2.05. The first-order valence-corrected chi connectivity index (χ1v) is 20.2. The van der Waals surface area contributed by atoms with Crippen molar-refractivity contribution >= 4 is 62.9 Å². The maximum absolute atomic E-state index is 14.7. The van der Waals surface area contributed by atoms with E-state index < -0.39 is 96.4 Å². The molecule has 2 N–H and O–H groups in total. The SMILES string of the molecule is COc1ccc(NC(C)=O)cc1S(=O)(=O)N([C@H]1CCS(=O)(=O)C1)N([C@H]1CCS(=O)(=O)C1)S(=O)(=O)c1cc(NC(C)=O)ccc1OC. The lowest BCUT2D eigenvalue weighted by Gasteiger charge is -2.39. The average molecular weight is 723 g/mol. The summed E-state index contributed by atoms with van der Waals surface area (Å²) in [5.41, 5.74) is 0.0156. The molecule has 254 valence electrons. The number of hydrogen-bond donors (Lipinski definition) is 2. The summed E-state index contributed by atoms with van der Waals surface area (Å²) < 4.78 is 121. The first kappa shape index (κ1) is 35.6. The number of sulfonamides is 2. The molecule has 2 aliphatic heterocycles. The van der Waals surface area contributed by atoms with E-state index in [1.807, 2.05) is 0 Å². The summed E-state index contributed by atoms with van der Waals surface area (Å²) in [5.74, 6) is -4.08. The number of anilines is 2. The third-order valence-corrected chi connectivity index (χ3v) is 14.5. The minimum Gasteiger partial charge on any atom is -0.495 e. The van der Waals surface area contributed by atoms with Crippen molar-refractivity contribution in [3.8, 4) is 11.5 Å². The molecule has 2 aromatic rings. The molecule has 46 heavy (non-hydrogen) atoms. The first-order valence-electron chi connectivity index (χ1n) is 13.7. The summed E-state index contributed by atoms with van der Waals surface area (Å²) in [7, 11) is -15.6. The van der Waals surface area contributed by atoms with E-state index in [2.05, 4.69) is 10.6 Å². The predicted molar refractivity (Wildman–Crippen MR) is 167 cm³/mol. The summed E-state index contributed by atoms with van der Waals surface area (Å²) in [6, 6.07) is 4.21. The van der Waals surface area contributed by atoms with E-state index in [-0.39, 0.29) is 35.7 Å². The van der Waals surface area contributed by atoms with Crippen LogP contribution in [0.5, 0.6) is 11.5 Å². The second kappa shape index (κ2) is 13.1. The second-order valence-electron chi connectivity index (χ2n) is 10.8. The highest BCUT2D eigenvalue weighted by Gasteiger charge is 2.52. The molecule has 2 fully saturated rings. The molecule has 2 heterocycles. The van der Waals surface area contributed by atoms with Gasteiger partial charge in [-0.15, -0.1) is 8.83 Å². The highest BCUT2D eigenvalue weighted by atomic mass is 32.2. The van der Waals surface area contributed by atoms with Crippen LogP contribution >= 0.6 is 0 Å². The molecule has 0 radical (unpaired) electrons. The zero-order valence-corrected chi connectivity index (χ0v) is 28.6. The van der Waals surface area contributed by atoms with Crippen molar-refractivity contribution in [3.63, 3.8) is 0 Å². The van der Waals surface area contributed by atoms with Crippen molar-refractivity contribution in [2.24, 2.45) is 0 Å². The monoisotopic (exact) mass is 722 g/mol. The third-order valence-electron chi connectivity index (χ3n) is 7.25. The number of nitrogens with zero attached hydrogens (tertiary/aromatic N) is 2. The van der Waals surface area contributed by atoms with Gasteiger partial charge in [-0.3, -0.25) is 9.59 Å². The Bertz CT molecular complexity index is 1840. The fourth-order valence-electron chi connectivity index (χ4n) is 5.35. The quantitative estimate of drug-likeness (QED) is 0.305. The Morgan fingerprint density at radius 1 is 0.696 bits per heavy atom. The van der Waals surface area contributed by atoms with Gasteiger partial charge in [-0.05, 0) is 49.2 Å². The van der Waals surface area contributed by atoms with Crippen LogP contribution in [0.1, 0.15) is 26.7 Å². The minimum absolute atomic E-state index is 0.00778. The van der Waals surface area contributed by atoms with Crippen LogP contribution in [-0.2, 0) is 49.3 Å². The third kappa shape index (κ3) is 7.46. The van der Waals surface area contributed by atoms with Crippen molar-refractivity contribution in [1.82, 2.24) is 8.83 Å². The van der Waals surface area contributed by atoms with E-state index in [4.69, 9.17) is 9.47 Å². The van der Waals surface area contributed by atoms with Gasteiger partial charge >= 0.3 is 0 Å². The van der Waals surface area contributed by atoms with Gasteiger partial charge in [-0.1, -0.05) is 0 Å². The molecule has 16 nitrogen and oxygen atoms in total. The fourth-order valence-corrected chi connectivity index (χ4v) is 13.0. The number of sulfone groups is 2. The molecule has 0 bridgehead atoms. The van der Waals surface area contributed by atoms with E-state index in [1.54, 1.807) is 0 Å². The Morgan fingerprint density at radius 3 is 1.30 bits per heavy atom. The number of hydrazine groups is 1. The van der Waals surface area contributed by atoms with E-state index in [0.29, 0.717) is 8.83 Å². The van der Waals surface area contributed by atoms with Crippen LogP contribution in [0.2, 0.25) is 0 Å². The van der Waals surface area contributed by atoms with Gasteiger partial charge in [0.25, 0.3) is 20.0 Å². The van der Waals surface area contributed by atoms with E-state index in [9.17, 15) is 43.3 Å². The Morgan fingerprint density at radius 2 is 1.04 bits per heavy atom. The molecule has 0 aromatic heterocycles. The molecule has 0 saturated carbocycles. The maximum Gasteiger partial charge on any atom is 0.260 e. The smallest absolute Gasteiger partial charge is 0.260 e. The van der Waals surface area contributed by atoms with Crippen LogP contribution in [0.15, 0.2) is 46.2 Å². The molecule has 20 heteroatoms. The second-order valence-corrected chi connectivity index (χ2v) is 18.7. The number of nitrogens with one attached hydrogen (secondary N) is 2. The van der Waals surface area contributed by atoms with E-state index in [0.717, 1.165) is 26.4 Å². The molecule has 4 rings (SSSR count). The minimum atomic E-state index is -5.12. The lowest BCUT2D eigenvalue weighted by molar-refractivity contribution is -0.115. The van der Waals surface area contributed by atoms with Gasteiger partial charge in [0.2, 0.25) is 11.8 Å². The number of rotatable bonds is 11. The van der Waals surface area contributed by atoms with Crippen molar-refractivity contribution < 1.29 is 52.7 Å². The number of carbonyl (C=O) groups excluding carboxylic acids is 2. The van der Waals surface area contributed by atoms with Crippen molar-refractivity contribution in [1.29, 1.82) is 0 Å². The topological polar surface area (TPSA) is 220 Å². The lowest BCUT2D eigenvalue weighted by Crippen LogP contribution is -2.58. The number of hydrogen-bond acceptors (Lipinski definition) is 12. The molecule has 2 aromatic carbocycles. The van der Waals surface area contributed by atoms with Gasteiger partial charge in [0.15, 0.2) is 19.7 Å². The van der Waals surface area contributed by atoms with Crippen LogP contribution in [-0.4, -0.2) is 104 Å². The zero-order chi connectivity index (χ0) is 34.2. The normalized spacial score (nSPS) is 20.8. The van der Waals surface area contributed by atoms with Crippen LogP contribution in [0.4, 0.5) is 11.4 Å². The molecular formula is C26H34N4O12S4. The molecule has 0 spiro atoms. The largest absolute Gasteiger partial charge is 0.495 e. The van der Waals surface area contributed by atoms with Crippen LogP contribution in [0, 0.1) is 0 Å². The molecule has 2 saturated heterocycles. The lowest BCUT2D eigenvalue weighted by atomic mass is 10.2. The standard InChI is InChI=1S/C26H34N4O12S4/c1-17(31)27-19-5-7-23(41-3)25(13-19)45(37,38)29(21-9-11-43(33,34)15-21)30(22-10-12-44(35,36)16-22)46(39,40)26-14-20(28-18(2)32)6-8-24(26)42-4/h5-8,13-14,21-22H,9-12,15-16H2,1-4H3,(H,27,31)(H,28,32)/t21-,22-/m0/s1. The Kier molecular flexibility index (Phi) is 10.1. The van der Waals surface area contributed by atoms with Crippen LogP contribution in [0.25, 0.3) is 0 Å². The Hall–Kier alpha value is -3.30. The maximum atomic E-state index is 14.7. The van der Waals surface area contributed by atoms with Crippen LogP contribution in [0.3, 0.4) is 0 Å². The molecule has 0 aliphatic carbocycles. The van der Waals surface area contributed by atoms with Gasteiger partial charge in [0, 0.05) is 25.2 Å². The van der Waals surface area contributed by atoms with E-state index >= 15 is 0 Å². The number of carbonyl (C=O) groups is 2. The zero-order valence-electron chi connectivity index (χ0n) is 25.3. The average Bonchev–Trinajstić information content (AvgIpc) is 3.50. The van der Waals surface area contributed by atoms with Crippen molar-refractivity contribution in [3.05, 3.63) is 36.4 Å². The summed E-state index contributed by atoms with van der Waals surface area (Å²) in [6.07, 6.45) is -0.631. The number of amides is 2. The summed E-state index contributed by atoms with van der Waals surface area (Å²) in [6.45, 7) is 2.37. The number of benzene rings is 2. The summed E-state index contributed by atoms with van der Waals surface area (Å²) >= 11 is 0. The molecule has 2 aliphatic rings. The Labute approximate surface area is 267 Å². The van der Waals surface area contributed by atoms with Gasteiger partial charge in [-0.2, -0.15) is 0 Å². The summed E-state index contributed by atoms with van der Waals surface area (Å²) in [5, 5.41) is 4.89. The molecule has 2 atom stereocenters. The summed E-state index contributed by atoms with van der Waals surface area (Å²) in [4.78, 5) is 22.3. The molecule has 2 amide bonds. The van der Waals surface area contributed by atoms with Gasteiger partial charge < -0.3 is 20.1 Å².